The molecule has 3 aromatic rings. The minimum atomic E-state index is -4.51. The van der Waals surface area contributed by atoms with Gasteiger partial charge in [-0.05, 0) is 60.5 Å². The second kappa shape index (κ2) is 9.83. The Hall–Kier alpha value is -3.71. The first-order valence-corrected chi connectivity index (χ1v) is 9.76. The van der Waals surface area contributed by atoms with Gasteiger partial charge in [0.25, 0.3) is 0 Å². The molecule has 168 valence electrons. The Morgan fingerprint density at radius 1 is 0.636 bits per heavy atom. The van der Waals surface area contributed by atoms with Crippen molar-refractivity contribution in [2.24, 2.45) is 0 Å². The Balaban J connectivity index is 1.87. The van der Waals surface area contributed by atoms with Crippen molar-refractivity contribution >= 4 is 0 Å². The molecule has 0 atom stereocenters. The summed E-state index contributed by atoms with van der Waals surface area (Å²) in [6, 6.07) is 7.82. The Kier molecular flexibility index (Phi) is 7.13. The van der Waals surface area contributed by atoms with Crippen molar-refractivity contribution in [1.82, 2.24) is 0 Å². The number of alkyl halides is 3. The molecule has 0 aliphatic carbocycles. The maximum absolute atomic E-state index is 14.3. The molecule has 0 fully saturated rings. The van der Waals surface area contributed by atoms with Crippen molar-refractivity contribution in [3.63, 3.8) is 0 Å². The first kappa shape index (κ1) is 23.9. The predicted molar refractivity (Wildman–Crippen MR) is 110 cm³/mol. The Labute approximate surface area is 186 Å². The monoisotopic (exact) mass is 460 g/mol. The second-order valence-corrected chi connectivity index (χ2v) is 7.07. The second-order valence-electron chi connectivity index (χ2n) is 7.07. The summed E-state index contributed by atoms with van der Waals surface area (Å²) in [6.07, 6.45) is -3.31. The standard InChI is InChI=1S/C26H15F7/c1-2-3-17-12-22(27)21(23(28)13-17)11-7-18-14-24(29)20(25(30)15-18)10-6-16-4-8-19(9-5-16)26(31,32)33/h4-5,8-9,12-15H,2-3H2,1H3. The van der Waals surface area contributed by atoms with Crippen LogP contribution in [0.25, 0.3) is 0 Å². The fraction of sp³-hybridized carbons (Fsp3) is 0.154. The zero-order valence-corrected chi connectivity index (χ0v) is 17.2. The highest BCUT2D eigenvalue weighted by molar-refractivity contribution is 5.50. The SMILES string of the molecule is CCCc1cc(F)c(C#Cc2cc(F)c(C#Cc3ccc(C(F)(F)F)cc3)c(F)c2)c(F)c1. The van der Waals surface area contributed by atoms with Crippen LogP contribution in [0.2, 0.25) is 0 Å². The molecule has 0 bridgehead atoms. The van der Waals surface area contributed by atoms with E-state index in [0.29, 0.717) is 18.4 Å². The van der Waals surface area contributed by atoms with Crippen molar-refractivity contribution < 1.29 is 30.7 Å². The highest BCUT2D eigenvalue weighted by Gasteiger charge is 2.29. The van der Waals surface area contributed by atoms with E-state index >= 15 is 0 Å². The van der Waals surface area contributed by atoms with Crippen LogP contribution < -0.4 is 0 Å². The first-order chi connectivity index (χ1) is 15.6. The van der Waals surface area contributed by atoms with E-state index in [1.807, 2.05) is 6.92 Å². The number of rotatable bonds is 2. The maximum Gasteiger partial charge on any atom is 0.416 e. The Morgan fingerprint density at radius 2 is 1.09 bits per heavy atom. The molecule has 0 saturated carbocycles. The molecule has 0 unspecified atom stereocenters. The van der Waals surface area contributed by atoms with E-state index in [4.69, 9.17) is 0 Å². The average Bonchev–Trinajstić information content (AvgIpc) is 2.72. The number of aryl methyl sites for hydroxylation is 1. The van der Waals surface area contributed by atoms with Crippen LogP contribution in [0.4, 0.5) is 30.7 Å². The van der Waals surface area contributed by atoms with Gasteiger partial charge in [0.15, 0.2) is 0 Å². The summed E-state index contributed by atoms with van der Waals surface area (Å²) in [5.74, 6) is 5.35. The molecular weight excluding hydrogens is 445 g/mol. The zero-order valence-electron chi connectivity index (χ0n) is 17.2. The van der Waals surface area contributed by atoms with Gasteiger partial charge in [0, 0.05) is 11.1 Å². The predicted octanol–water partition coefficient (Wildman–Crippen LogP) is 7.01. The quantitative estimate of drug-likeness (QED) is 0.285. The van der Waals surface area contributed by atoms with Crippen LogP contribution in [0.5, 0.6) is 0 Å². The lowest BCUT2D eigenvalue weighted by Gasteiger charge is -2.05. The highest BCUT2D eigenvalue weighted by atomic mass is 19.4. The lowest BCUT2D eigenvalue weighted by Crippen LogP contribution is -2.04. The molecule has 0 heterocycles. The molecule has 0 aliphatic heterocycles. The van der Waals surface area contributed by atoms with E-state index in [2.05, 4.69) is 23.7 Å². The summed E-state index contributed by atoms with van der Waals surface area (Å²) < 4.78 is 94.7. The Morgan fingerprint density at radius 3 is 1.55 bits per heavy atom. The molecule has 33 heavy (non-hydrogen) atoms. The van der Waals surface area contributed by atoms with Crippen LogP contribution in [0.1, 0.15) is 46.7 Å². The minimum absolute atomic E-state index is 0.128. The normalized spacial score (nSPS) is 10.8. The van der Waals surface area contributed by atoms with E-state index in [1.54, 1.807) is 0 Å². The minimum Gasteiger partial charge on any atom is -0.206 e. The fourth-order valence-corrected chi connectivity index (χ4v) is 2.95. The molecular formula is C26H15F7. The summed E-state index contributed by atoms with van der Waals surface area (Å²) in [7, 11) is 0. The van der Waals surface area contributed by atoms with Crippen molar-refractivity contribution in [1.29, 1.82) is 0 Å². The van der Waals surface area contributed by atoms with Gasteiger partial charge in [0.2, 0.25) is 0 Å². The molecule has 3 aromatic carbocycles. The molecule has 0 spiro atoms. The summed E-state index contributed by atoms with van der Waals surface area (Å²) >= 11 is 0. The van der Waals surface area contributed by atoms with Gasteiger partial charge in [-0.3, -0.25) is 0 Å². The first-order valence-electron chi connectivity index (χ1n) is 9.76. The van der Waals surface area contributed by atoms with Crippen LogP contribution >= 0.6 is 0 Å². The van der Waals surface area contributed by atoms with Gasteiger partial charge in [0.1, 0.15) is 23.3 Å². The molecule has 3 rings (SSSR count). The molecule has 0 radical (unpaired) electrons. The topological polar surface area (TPSA) is 0 Å². The van der Waals surface area contributed by atoms with Gasteiger partial charge in [-0.15, -0.1) is 0 Å². The third-order valence-corrected chi connectivity index (χ3v) is 4.56. The van der Waals surface area contributed by atoms with Gasteiger partial charge < -0.3 is 0 Å². The third kappa shape index (κ3) is 5.96. The van der Waals surface area contributed by atoms with E-state index in [9.17, 15) is 30.7 Å². The summed E-state index contributed by atoms with van der Waals surface area (Å²) in [4.78, 5) is 0. The molecule has 0 saturated heterocycles. The van der Waals surface area contributed by atoms with E-state index in [1.165, 1.54) is 0 Å². The number of benzene rings is 3. The summed E-state index contributed by atoms with van der Waals surface area (Å²) in [6.45, 7) is 1.87. The lowest BCUT2D eigenvalue weighted by atomic mass is 10.1. The van der Waals surface area contributed by atoms with Gasteiger partial charge in [-0.2, -0.15) is 13.2 Å². The third-order valence-electron chi connectivity index (χ3n) is 4.56. The molecule has 0 N–H and O–H groups in total. The zero-order chi connectivity index (χ0) is 24.2. The van der Waals surface area contributed by atoms with Crippen molar-refractivity contribution in [2.75, 3.05) is 0 Å². The van der Waals surface area contributed by atoms with Crippen LogP contribution in [0.15, 0.2) is 48.5 Å². The molecule has 0 nitrogen and oxygen atoms in total. The smallest absolute Gasteiger partial charge is 0.206 e. The molecule has 7 heteroatoms. The van der Waals surface area contributed by atoms with Crippen LogP contribution in [-0.2, 0) is 12.6 Å². The number of hydrogen-bond acceptors (Lipinski definition) is 0. The highest BCUT2D eigenvalue weighted by Crippen LogP contribution is 2.29. The molecule has 0 amide bonds. The maximum atomic E-state index is 14.3. The Bertz CT molecular complexity index is 1250. The average molecular weight is 460 g/mol. The largest absolute Gasteiger partial charge is 0.416 e. The van der Waals surface area contributed by atoms with Gasteiger partial charge in [-0.1, -0.05) is 37.0 Å². The van der Waals surface area contributed by atoms with Crippen molar-refractivity contribution in [3.8, 4) is 23.7 Å². The lowest BCUT2D eigenvalue weighted by molar-refractivity contribution is -0.137. The van der Waals surface area contributed by atoms with Crippen LogP contribution in [-0.4, -0.2) is 0 Å². The van der Waals surface area contributed by atoms with Crippen molar-refractivity contribution in [2.45, 2.75) is 25.9 Å². The van der Waals surface area contributed by atoms with Crippen molar-refractivity contribution in [3.05, 3.63) is 105 Å². The van der Waals surface area contributed by atoms with Crippen LogP contribution in [0.3, 0.4) is 0 Å². The van der Waals surface area contributed by atoms with E-state index < -0.39 is 46.1 Å². The van der Waals surface area contributed by atoms with E-state index in [-0.39, 0.29) is 11.1 Å². The van der Waals surface area contributed by atoms with Gasteiger partial charge in [-0.25, -0.2) is 17.6 Å². The molecule has 0 aromatic heterocycles. The molecule has 0 aliphatic rings. The number of halogens is 7. The number of hydrogen-bond donors (Lipinski definition) is 0. The van der Waals surface area contributed by atoms with E-state index in [0.717, 1.165) is 48.5 Å². The summed E-state index contributed by atoms with van der Waals surface area (Å²) in [5, 5.41) is 0. The van der Waals surface area contributed by atoms with Gasteiger partial charge in [0.05, 0.1) is 16.7 Å². The van der Waals surface area contributed by atoms with Crippen LogP contribution in [0, 0.1) is 47.0 Å². The van der Waals surface area contributed by atoms with Gasteiger partial charge >= 0.3 is 6.18 Å². The fourth-order valence-electron chi connectivity index (χ4n) is 2.95. The summed E-state index contributed by atoms with van der Waals surface area (Å²) in [5.41, 5.74) is -1.56.